The first-order chi connectivity index (χ1) is 9.50. The van der Waals surface area contributed by atoms with E-state index in [4.69, 9.17) is 10.5 Å². The fraction of sp³-hybridized carbons (Fsp3) is 0.588. The average molecular weight is 292 g/mol. The van der Waals surface area contributed by atoms with E-state index in [0.29, 0.717) is 6.61 Å². The van der Waals surface area contributed by atoms with Crippen LogP contribution in [0.3, 0.4) is 0 Å². The molecule has 0 aromatic heterocycles. The molecule has 4 nitrogen and oxygen atoms in total. The maximum atomic E-state index is 11.7. The van der Waals surface area contributed by atoms with Gasteiger partial charge >= 0.3 is 0 Å². The molecule has 1 atom stereocenters. The van der Waals surface area contributed by atoms with E-state index in [-0.39, 0.29) is 17.4 Å². The molecule has 1 rings (SSSR count). The maximum absolute atomic E-state index is 11.7. The van der Waals surface area contributed by atoms with Crippen molar-refractivity contribution in [3.63, 3.8) is 0 Å². The average Bonchev–Trinajstić information content (AvgIpc) is 2.34. The minimum atomic E-state index is -0.872. The molecular formula is C17H28N2O2. The second kappa shape index (κ2) is 6.48. The lowest BCUT2D eigenvalue weighted by molar-refractivity contribution is -0.126. The van der Waals surface area contributed by atoms with E-state index < -0.39 is 5.54 Å². The molecule has 0 saturated heterocycles. The molecule has 0 aliphatic heterocycles. The molecule has 0 aliphatic rings. The van der Waals surface area contributed by atoms with Crippen molar-refractivity contribution >= 4 is 5.91 Å². The topological polar surface area (TPSA) is 64.3 Å². The molecule has 1 amide bonds. The van der Waals surface area contributed by atoms with Gasteiger partial charge in [-0.3, -0.25) is 4.79 Å². The third kappa shape index (κ3) is 5.76. The van der Waals surface area contributed by atoms with Gasteiger partial charge < -0.3 is 15.8 Å². The minimum Gasteiger partial charge on any atom is -0.491 e. The monoisotopic (exact) mass is 292 g/mol. The summed E-state index contributed by atoms with van der Waals surface area (Å²) in [6.07, 6.45) is 0. The highest BCUT2D eigenvalue weighted by Crippen LogP contribution is 2.24. The molecule has 21 heavy (non-hydrogen) atoms. The first-order valence-corrected chi connectivity index (χ1v) is 7.33. The predicted octanol–water partition coefficient (Wildman–Crippen LogP) is 2.60. The van der Waals surface area contributed by atoms with E-state index in [1.54, 1.807) is 13.8 Å². The third-order valence-corrected chi connectivity index (χ3v) is 3.18. The zero-order valence-electron chi connectivity index (χ0n) is 14.0. The van der Waals surface area contributed by atoms with E-state index in [0.717, 1.165) is 5.75 Å². The zero-order chi connectivity index (χ0) is 16.3. The molecule has 0 radical (unpaired) electrons. The Balaban J connectivity index is 2.50. The maximum Gasteiger partial charge on any atom is 0.239 e. The fourth-order valence-corrected chi connectivity index (χ4v) is 1.72. The summed E-state index contributed by atoms with van der Waals surface area (Å²) in [4.78, 5) is 11.7. The smallest absolute Gasteiger partial charge is 0.239 e. The van der Waals surface area contributed by atoms with Gasteiger partial charge in [0.05, 0.1) is 11.6 Å². The van der Waals surface area contributed by atoms with Crippen molar-refractivity contribution < 1.29 is 9.53 Å². The Morgan fingerprint density at radius 1 is 1.19 bits per heavy atom. The highest BCUT2D eigenvalue weighted by atomic mass is 16.5. The van der Waals surface area contributed by atoms with Gasteiger partial charge in [0.15, 0.2) is 0 Å². The predicted molar refractivity (Wildman–Crippen MR) is 86.5 cm³/mol. The van der Waals surface area contributed by atoms with Crippen LogP contribution in [0.15, 0.2) is 24.3 Å². The summed E-state index contributed by atoms with van der Waals surface area (Å²) in [5.41, 5.74) is 6.26. The minimum absolute atomic E-state index is 0.0948. The van der Waals surface area contributed by atoms with Gasteiger partial charge in [0.2, 0.25) is 5.91 Å². The third-order valence-electron chi connectivity index (χ3n) is 3.18. The van der Waals surface area contributed by atoms with Crippen molar-refractivity contribution in [1.82, 2.24) is 5.32 Å². The molecule has 0 heterocycles. The summed E-state index contributed by atoms with van der Waals surface area (Å²) < 4.78 is 5.69. The van der Waals surface area contributed by atoms with Crippen LogP contribution in [0.2, 0.25) is 0 Å². The highest BCUT2D eigenvalue weighted by Gasteiger charge is 2.23. The first-order valence-electron chi connectivity index (χ1n) is 7.33. The molecule has 1 unspecified atom stereocenters. The number of nitrogens with one attached hydrogen (secondary N) is 1. The molecule has 1 aromatic carbocycles. The lowest BCUT2D eigenvalue weighted by Gasteiger charge is -2.22. The standard InChI is InChI=1S/C17H28N2O2/c1-12(19-15(20)17(5,6)18)11-21-14-9-7-13(8-10-14)16(2,3)4/h7-10,12H,11,18H2,1-6H3,(H,19,20). The Morgan fingerprint density at radius 3 is 2.14 bits per heavy atom. The molecule has 4 heteroatoms. The quantitative estimate of drug-likeness (QED) is 0.877. The normalized spacial score (nSPS) is 13.7. The summed E-state index contributed by atoms with van der Waals surface area (Å²) in [6.45, 7) is 12.2. The fourth-order valence-electron chi connectivity index (χ4n) is 1.72. The molecule has 118 valence electrons. The lowest BCUT2D eigenvalue weighted by atomic mass is 9.87. The summed E-state index contributed by atoms with van der Waals surface area (Å²) in [5.74, 6) is 0.623. The van der Waals surface area contributed by atoms with Gasteiger partial charge in [-0.2, -0.15) is 0 Å². The Labute approximate surface area is 128 Å². The summed E-state index contributed by atoms with van der Waals surface area (Å²) in [7, 11) is 0. The second-order valence-electron chi connectivity index (χ2n) is 7.18. The van der Waals surface area contributed by atoms with Crippen LogP contribution in [0.25, 0.3) is 0 Å². The zero-order valence-corrected chi connectivity index (χ0v) is 14.0. The van der Waals surface area contributed by atoms with E-state index >= 15 is 0 Å². The van der Waals surface area contributed by atoms with Gasteiger partial charge in [-0.15, -0.1) is 0 Å². The van der Waals surface area contributed by atoms with Crippen LogP contribution < -0.4 is 15.8 Å². The van der Waals surface area contributed by atoms with Crippen molar-refractivity contribution in [2.45, 2.75) is 58.5 Å². The molecule has 0 fully saturated rings. The van der Waals surface area contributed by atoms with Crippen LogP contribution in [0.4, 0.5) is 0 Å². The molecule has 0 spiro atoms. The first kappa shape index (κ1) is 17.5. The molecule has 0 aliphatic carbocycles. The van der Waals surface area contributed by atoms with Crippen LogP contribution in [0.5, 0.6) is 5.75 Å². The van der Waals surface area contributed by atoms with Crippen LogP contribution in [-0.2, 0) is 10.2 Å². The summed E-state index contributed by atoms with van der Waals surface area (Å²) in [5, 5.41) is 2.84. The Morgan fingerprint density at radius 2 is 1.71 bits per heavy atom. The Bertz CT molecular complexity index is 467. The summed E-state index contributed by atoms with van der Waals surface area (Å²) >= 11 is 0. The Hall–Kier alpha value is -1.55. The van der Waals surface area contributed by atoms with Crippen molar-refractivity contribution in [3.05, 3.63) is 29.8 Å². The number of hydrogen-bond acceptors (Lipinski definition) is 3. The molecular weight excluding hydrogens is 264 g/mol. The summed E-state index contributed by atoms with van der Waals surface area (Å²) in [6, 6.07) is 7.97. The molecule has 1 aromatic rings. The van der Waals surface area contributed by atoms with Crippen molar-refractivity contribution in [1.29, 1.82) is 0 Å². The second-order valence-corrected chi connectivity index (χ2v) is 7.18. The van der Waals surface area contributed by atoms with Gasteiger partial charge in [-0.25, -0.2) is 0 Å². The highest BCUT2D eigenvalue weighted by molar-refractivity contribution is 5.85. The molecule has 0 bridgehead atoms. The number of rotatable bonds is 5. The van der Waals surface area contributed by atoms with Crippen molar-refractivity contribution in [2.24, 2.45) is 5.73 Å². The number of amides is 1. The number of benzene rings is 1. The van der Waals surface area contributed by atoms with Crippen LogP contribution in [-0.4, -0.2) is 24.1 Å². The van der Waals surface area contributed by atoms with Gasteiger partial charge in [-0.05, 0) is 43.9 Å². The molecule has 3 N–H and O–H groups in total. The van der Waals surface area contributed by atoms with Crippen LogP contribution >= 0.6 is 0 Å². The van der Waals surface area contributed by atoms with Gasteiger partial charge in [0.1, 0.15) is 12.4 Å². The number of carbonyl (C=O) groups is 1. The SMILES string of the molecule is CC(COc1ccc(C(C)(C)C)cc1)NC(=O)C(C)(C)N. The number of carbonyl (C=O) groups excluding carboxylic acids is 1. The number of hydrogen-bond donors (Lipinski definition) is 2. The van der Waals surface area contributed by atoms with Crippen LogP contribution in [0.1, 0.15) is 47.1 Å². The van der Waals surface area contributed by atoms with E-state index in [1.807, 2.05) is 19.1 Å². The number of ether oxygens (including phenoxy) is 1. The molecule has 0 saturated carbocycles. The van der Waals surface area contributed by atoms with Crippen LogP contribution in [0, 0.1) is 0 Å². The van der Waals surface area contributed by atoms with Gasteiger partial charge in [0.25, 0.3) is 0 Å². The largest absolute Gasteiger partial charge is 0.491 e. The Kier molecular flexibility index (Phi) is 5.40. The van der Waals surface area contributed by atoms with Gasteiger partial charge in [-0.1, -0.05) is 32.9 Å². The number of nitrogens with two attached hydrogens (primary N) is 1. The van der Waals surface area contributed by atoms with E-state index in [9.17, 15) is 4.79 Å². The van der Waals surface area contributed by atoms with Crippen molar-refractivity contribution in [2.75, 3.05) is 6.61 Å². The lowest BCUT2D eigenvalue weighted by Crippen LogP contribution is -2.52. The van der Waals surface area contributed by atoms with E-state index in [2.05, 4.69) is 38.2 Å². The van der Waals surface area contributed by atoms with E-state index in [1.165, 1.54) is 5.56 Å². The van der Waals surface area contributed by atoms with Crippen molar-refractivity contribution in [3.8, 4) is 5.75 Å². The van der Waals surface area contributed by atoms with Gasteiger partial charge in [0, 0.05) is 0 Å².